The van der Waals surface area contributed by atoms with Gasteiger partial charge in [-0.1, -0.05) is 5.57 Å². The molecule has 0 aromatic carbocycles. The third kappa shape index (κ3) is 2.38. The topological polar surface area (TPSA) is 37.3 Å². The summed E-state index contributed by atoms with van der Waals surface area (Å²) in [6, 6.07) is 0. The first-order valence-electron chi connectivity index (χ1n) is 4.02. The minimum absolute atomic E-state index is 0.198. The predicted molar refractivity (Wildman–Crippen MR) is 43.7 cm³/mol. The van der Waals surface area contributed by atoms with Gasteiger partial charge in [0.05, 0.1) is 0 Å². The van der Waals surface area contributed by atoms with Crippen LogP contribution in [0.2, 0.25) is 0 Å². The number of carbonyl (C=O) groups is 1. The van der Waals surface area contributed by atoms with Gasteiger partial charge in [0.25, 0.3) is 0 Å². The Kier molecular flexibility index (Phi) is 2.76. The molecule has 76 valence electrons. The Bertz CT molecular complexity index is 281. The Labute approximate surface area is 80.2 Å². The van der Waals surface area contributed by atoms with Crippen LogP contribution in [0.5, 0.6) is 0 Å². The van der Waals surface area contributed by atoms with E-state index in [1.165, 1.54) is 0 Å². The van der Waals surface area contributed by atoms with Crippen LogP contribution in [0.4, 0.5) is 13.2 Å². The summed E-state index contributed by atoms with van der Waals surface area (Å²) in [4.78, 5) is 10.7. The number of allylic oxidation sites excluding steroid dienone is 1. The molecule has 2 nitrogen and oxygen atoms in total. The molecule has 0 amide bonds. The van der Waals surface area contributed by atoms with Crippen molar-refractivity contribution in [3.63, 3.8) is 0 Å². The van der Waals surface area contributed by atoms with Gasteiger partial charge >= 0.3 is 6.18 Å². The smallest absolute Gasteiger partial charge is 0.390 e. The summed E-state index contributed by atoms with van der Waals surface area (Å²) < 4.78 is 36.3. The van der Waals surface area contributed by atoms with Crippen LogP contribution in [-0.2, 0) is 4.79 Å². The number of ketones is 1. The molecule has 6 heteroatoms. The van der Waals surface area contributed by atoms with Crippen LogP contribution in [-0.4, -0.2) is 30.4 Å². The van der Waals surface area contributed by atoms with Gasteiger partial charge in [-0.2, -0.15) is 13.2 Å². The molecule has 0 spiro atoms. The average molecular weight is 204 g/mol. The fourth-order valence-corrected chi connectivity index (χ4v) is 1.24. The van der Waals surface area contributed by atoms with Crippen LogP contribution in [0, 0.1) is 0 Å². The maximum atomic E-state index is 12.1. The molecule has 0 saturated carbocycles. The highest BCUT2D eigenvalue weighted by molar-refractivity contribution is 6.15. The second kappa shape index (κ2) is 3.42. The highest BCUT2D eigenvalue weighted by atomic mass is 19.4. The van der Waals surface area contributed by atoms with E-state index in [4.69, 9.17) is 13.0 Å². The van der Waals surface area contributed by atoms with Crippen molar-refractivity contribution in [3.8, 4) is 0 Å². The minimum Gasteiger partial charge on any atom is -0.390 e. The van der Waals surface area contributed by atoms with Crippen LogP contribution < -0.4 is 0 Å². The first kappa shape index (κ1) is 11.3. The van der Waals surface area contributed by atoms with E-state index in [9.17, 15) is 18.0 Å². The van der Waals surface area contributed by atoms with E-state index in [1.54, 1.807) is 0 Å². The molecule has 1 aliphatic rings. The Morgan fingerprint density at radius 3 is 2.36 bits per heavy atom. The summed E-state index contributed by atoms with van der Waals surface area (Å²) in [5, 5.41) is 8.90. The van der Waals surface area contributed by atoms with E-state index >= 15 is 0 Å². The number of alkyl halides is 3. The maximum Gasteiger partial charge on any atom is 0.408 e. The molecule has 0 fully saturated rings. The lowest BCUT2D eigenvalue weighted by Crippen LogP contribution is -2.45. The SMILES string of the molecule is [B]C(O)(CC1=CC(=O)CC1)C(F)(F)F. The largest absolute Gasteiger partial charge is 0.408 e. The lowest BCUT2D eigenvalue weighted by molar-refractivity contribution is -0.223. The predicted octanol–water partition coefficient (Wildman–Crippen LogP) is 1.09. The first-order chi connectivity index (χ1) is 6.22. The van der Waals surface area contributed by atoms with Crippen molar-refractivity contribution >= 4 is 13.6 Å². The summed E-state index contributed by atoms with van der Waals surface area (Å²) in [5.74, 6) is -0.224. The zero-order chi connectivity index (χ0) is 11.0. The molecular weight excluding hydrogens is 196 g/mol. The van der Waals surface area contributed by atoms with Crippen molar-refractivity contribution in [2.24, 2.45) is 0 Å². The highest BCUT2D eigenvalue weighted by Gasteiger charge is 2.49. The molecule has 1 atom stereocenters. The van der Waals surface area contributed by atoms with Crippen molar-refractivity contribution in [2.75, 3.05) is 0 Å². The van der Waals surface area contributed by atoms with E-state index in [2.05, 4.69) is 0 Å². The number of hydrogen-bond acceptors (Lipinski definition) is 2. The summed E-state index contributed by atoms with van der Waals surface area (Å²) in [6.45, 7) is 0. The molecule has 0 saturated heterocycles. The molecule has 1 aliphatic carbocycles. The molecule has 1 rings (SSSR count). The quantitative estimate of drug-likeness (QED) is 0.683. The average Bonchev–Trinajstić information content (AvgIpc) is 2.31. The van der Waals surface area contributed by atoms with Gasteiger partial charge < -0.3 is 5.11 Å². The number of halogens is 3. The standard InChI is InChI=1S/C8H8BF3O2/c9-7(14,8(10,11)12)4-5-1-2-6(13)3-5/h3,14H,1-2,4H2. The van der Waals surface area contributed by atoms with Gasteiger partial charge in [-0.25, -0.2) is 0 Å². The van der Waals surface area contributed by atoms with Gasteiger partial charge in [-0.3, -0.25) is 4.79 Å². The monoisotopic (exact) mass is 204 g/mol. The highest BCUT2D eigenvalue weighted by Crippen LogP contribution is 2.34. The summed E-state index contributed by atoms with van der Waals surface area (Å²) in [6.07, 6.45) is -4.05. The fourth-order valence-electron chi connectivity index (χ4n) is 1.24. The number of aliphatic hydroxyl groups is 1. The molecule has 0 aromatic rings. The Hall–Kier alpha value is -0.775. The van der Waals surface area contributed by atoms with Crippen LogP contribution in [0.25, 0.3) is 0 Å². The van der Waals surface area contributed by atoms with E-state index < -0.39 is 18.1 Å². The van der Waals surface area contributed by atoms with E-state index in [0.717, 1.165) is 6.08 Å². The molecule has 0 heterocycles. The summed E-state index contributed by atoms with van der Waals surface area (Å²) in [5.41, 5.74) is -2.99. The van der Waals surface area contributed by atoms with Gasteiger partial charge in [0.15, 0.2) is 5.78 Å². The van der Waals surface area contributed by atoms with Crippen LogP contribution in [0.15, 0.2) is 11.6 Å². The van der Waals surface area contributed by atoms with E-state index in [1.807, 2.05) is 0 Å². The minimum atomic E-state index is -4.88. The van der Waals surface area contributed by atoms with Crippen molar-refractivity contribution in [3.05, 3.63) is 11.6 Å². The molecular formula is C8H8BF3O2. The van der Waals surface area contributed by atoms with E-state index in [0.29, 0.717) is 0 Å². The van der Waals surface area contributed by atoms with Gasteiger partial charge in [0.2, 0.25) is 0 Å². The van der Waals surface area contributed by atoms with Gasteiger partial charge in [0, 0.05) is 6.42 Å². The van der Waals surface area contributed by atoms with Gasteiger partial charge in [-0.05, 0) is 18.9 Å². The van der Waals surface area contributed by atoms with Crippen LogP contribution >= 0.6 is 0 Å². The maximum absolute atomic E-state index is 12.1. The summed E-state index contributed by atoms with van der Waals surface area (Å²) in [7, 11) is 4.70. The van der Waals surface area contributed by atoms with Gasteiger partial charge in [0.1, 0.15) is 13.3 Å². The normalized spacial score (nSPS) is 22.0. The second-order valence-corrected chi connectivity index (χ2v) is 3.37. The Balaban J connectivity index is 2.69. The number of hydrogen-bond donors (Lipinski definition) is 1. The van der Waals surface area contributed by atoms with Gasteiger partial charge in [-0.15, -0.1) is 0 Å². The molecule has 2 radical (unpaired) electrons. The van der Waals surface area contributed by atoms with Crippen LogP contribution in [0.3, 0.4) is 0 Å². The van der Waals surface area contributed by atoms with Crippen molar-refractivity contribution in [1.82, 2.24) is 0 Å². The first-order valence-corrected chi connectivity index (χ1v) is 4.02. The molecule has 0 aromatic heterocycles. The molecule has 14 heavy (non-hydrogen) atoms. The van der Waals surface area contributed by atoms with Crippen molar-refractivity contribution < 1.29 is 23.1 Å². The summed E-state index contributed by atoms with van der Waals surface area (Å²) >= 11 is 0. The third-order valence-electron chi connectivity index (χ3n) is 2.05. The third-order valence-corrected chi connectivity index (χ3v) is 2.05. The molecule has 0 bridgehead atoms. The lowest BCUT2D eigenvalue weighted by atomic mass is 9.76. The number of rotatable bonds is 2. The molecule has 1 N–H and O–H groups in total. The number of carbonyl (C=O) groups excluding carboxylic acids is 1. The molecule has 0 aliphatic heterocycles. The Morgan fingerprint density at radius 2 is 2.00 bits per heavy atom. The zero-order valence-electron chi connectivity index (χ0n) is 7.27. The van der Waals surface area contributed by atoms with Crippen molar-refractivity contribution in [1.29, 1.82) is 0 Å². The molecule has 1 unspecified atom stereocenters. The van der Waals surface area contributed by atoms with Crippen LogP contribution in [0.1, 0.15) is 19.3 Å². The Morgan fingerprint density at radius 1 is 1.43 bits per heavy atom. The van der Waals surface area contributed by atoms with E-state index in [-0.39, 0.29) is 24.2 Å². The fraction of sp³-hybridized carbons (Fsp3) is 0.625. The van der Waals surface area contributed by atoms with Crippen molar-refractivity contribution in [2.45, 2.75) is 30.9 Å². The lowest BCUT2D eigenvalue weighted by Gasteiger charge is -2.27. The second-order valence-electron chi connectivity index (χ2n) is 3.37. The zero-order valence-corrected chi connectivity index (χ0v) is 7.27.